The number of anilines is 1. The number of hydrogen-bond donors (Lipinski definition) is 2. The van der Waals surface area contributed by atoms with Crippen molar-refractivity contribution >= 4 is 39.6 Å². The Bertz CT molecular complexity index is 578. The third-order valence-electron chi connectivity index (χ3n) is 3.42. The summed E-state index contributed by atoms with van der Waals surface area (Å²) in [5, 5.41) is 2.06. The molecule has 0 saturated carbocycles. The van der Waals surface area contributed by atoms with Crippen LogP contribution < -0.4 is 16.7 Å². The summed E-state index contributed by atoms with van der Waals surface area (Å²) in [5.74, 6) is 12.2. The van der Waals surface area contributed by atoms with E-state index in [0.717, 1.165) is 44.9 Å². The Balaban J connectivity index is 2.95. The molecular formula is C16H27N5OS2. The largest absolute Gasteiger partial charge is 0.352 e. The minimum absolute atomic E-state index is 0.464. The van der Waals surface area contributed by atoms with E-state index >= 15 is 0 Å². The van der Waals surface area contributed by atoms with Crippen molar-refractivity contribution < 1.29 is 4.79 Å². The van der Waals surface area contributed by atoms with Crippen LogP contribution >= 0.6 is 23.5 Å². The topological polar surface area (TPSA) is 88.0 Å². The molecule has 0 bridgehead atoms. The number of nitrogens with zero attached hydrogens (tertiary/aromatic N) is 3. The van der Waals surface area contributed by atoms with Crippen molar-refractivity contribution in [2.45, 2.75) is 32.4 Å². The first kappa shape index (κ1) is 20.8. The van der Waals surface area contributed by atoms with Crippen LogP contribution in [0.4, 0.5) is 10.5 Å². The van der Waals surface area contributed by atoms with Crippen LogP contribution in [0.25, 0.3) is 0 Å². The predicted octanol–water partition coefficient (Wildman–Crippen LogP) is 3.35. The van der Waals surface area contributed by atoms with Gasteiger partial charge in [-0.15, -0.1) is 11.8 Å². The molecule has 1 aromatic rings. The molecule has 8 heteroatoms. The standard InChI is InChI=1S/C16H27N5OS2/c1-5-6-10-19-15(23-4)24-11-13-12(2)8-7-9-14(13)21(18)16(22)20(3)17/h7-9H,5-6,10-11,17-18H2,1-4H3/b19-15+. The van der Waals surface area contributed by atoms with E-state index < -0.39 is 6.03 Å². The number of aliphatic imine (C=N–C) groups is 1. The highest BCUT2D eigenvalue weighted by atomic mass is 32.2. The Hall–Kier alpha value is -1.22. The van der Waals surface area contributed by atoms with E-state index in [1.165, 1.54) is 7.05 Å². The van der Waals surface area contributed by atoms with Crippen LogP contribution in [0.1, 0.15) is 30.9 Å². The maximum Gasteiger partial charge on any atom is 0.352 e. The van der Waals surface area contributed by atoms with Gasteiger partial charge in [-0.1, -0.05) is 37.2 Å². The van der Waals surface area contributed by atoms with Crippen molar-refractivity contribution in [3.8, 4) is 0 Å². The van der Waals surface area contributed by atoms with Gasteiger partial charge < -0.3 is 0 Å². The summed E-state index contributed by atoms with van der Waals surface area (Å²) in [7, 11) is 1.47. The lowest BCUT2D eigenvalue weighted by Gasteiger charge is -2.24. The van der Waals surface area contributed by atoms with Gasteiger partial charge in [-0.3, -0.25) is 10.0 Å². The van der Waals surface area contributed by atoms with Crippen LogP contribution in [0.5, 0.6) is 0 Å². The highest BCUT2D eigenvalue weighted by molar-refractivity contribution is 8.38. The quantitative estimate of drug-likeness (QED) is 0.200. The molecule has 0 spiro atoms. The maximum atomic E-state index is 12.0. The number of unbranched alkanes of at least 4 members (excludes halogenated alkanes) is 1. The van der Waals surface area contributed by atoms with Gasteiger partial charge in [0.05, 0.1) is 5.69 Å². The van der Waals surface area contributed by atoms with Crippen LogP contribution in [0.3, 0.4) is 0 Å². The van der Waals surface area contributed by atoms with Crippen LogP contribution in [-0.2, 0) is 5.75 Å². The number of benzene rings is 1. The average Bonchev–Trinajstić information content (AvgIpc) is 2.57. The fourth-order valence-corrected chi connectivity index (χ4v) is 3.70. The van der Waals surface area contributed by atoms with Crippen molar-refractivity contribution in [1.29, 1.82) is 0 Å². The number of rotatable bonds is 6. The fourth-order valence-electron chi connectivity index (χ4n) is 2.00. The molecule has 0 atom stereocenters. The lowest BCUT2D eigenvalue weighted by molar-refractivity contribution is 0.216. The Morgan fingerprint density at radius 1 is 1.33 bits per heavy atom. The lowest BCUT2D eigenvalue weighted by atomic mass is 10.1. The first-order valence-corrected chi connectivity index (χ1v) is 10.00. The molecule has 0 radical (unpaired) electrons. The van der Waals surface area contributed by atoms with E-state index in [9.17, 15) is 4.79 Å². The van der Waals surface area contributed by atoms with Crippen LogP contribution in [0.15, 0.2) is 23.2 Å². The number of hydrazine groups is 2. The smallest absolute Gasteiger partial charge is 0.272 e. The molecule has 6 nitrogen and oxygen atoms in total. The highest BCUT2D eigenvalue weighted by Gasteiger charge is 2.19. The number of thioether (sulfide) groups is 2. The molecule has 0 fully saturated rings. The van der Waals surface area contributed by atoms with Gasteiger partial charge in [0, 0.05) is 19.3 Å². The van der Waals surface area contributed by atoms with Crippen LogP contribution in [-0.4, -0.2) is 35.3 Å². The van der Waals surface area contributed by atoms with Crippen LogP contribution in [0, 0.1) is 6.92 Å². The second kappa shape index (κ2) is 10.6. The number of urea groups is 1. The molecule has 4 N–H and O–H groups in total. The number of hydrogen-bond acceptors (Lipinski definition) is 6. The zero-order valence-corrected chi connectivity index (χ0v) is 16.4. The van der Waals surface area contributed by atoms with E-state index in [1.54, 1.807) is 23.5 Å². The first-order chi connectivity index (χ1) is 11.4. The van der Waals surface area contributed by atoms with Gasteiger partial charge in [-0.25, -0.2) is 21.5 Å². The number of carbonyl (C=O) groups excluding carboxylic acids is 1. The second-order valence-electron chi connectivity index (χ2n) is 5.33. The minimum Gasteiger partial charge on any atom is -0.272 e. The Labute approximate surface area is 153 Å². The molecule has 0 aliphatic heterocycles. The first-order valence-electron chi connectivity index (χ1n) is 7.79. The average molecular weight is 370 g/mol. The Morgan fingerprint density at radius 3 is 2.62 bits per heavy atom. The van der Waals surface area contributed by atoms with Gasteiger partial charge in [0.15, 0.2) is 0 Å². The van der Waals surface area contributed by atoms with Gasteiger partial charge in [0.25, 0.3) is 0 Å². The summed E-state index contributed by atoms with van der Waals surface area (Å²) in [5.41, 5.74) is 2.76. The maximum absolute atomic E-state index is 12.0. The minimum atomic E-state index is -0.464. The zero-order chi connectivity index (χ0) is 18.1. The van der Waals surface area contributed by atoms with E-state index in [1.807, 2.05) is 31.4 Å². The molecule has 0 heterocycles. The van der Waals surface area contributed by atoms with Gasteiger partial charge in [0.2, 0.25) is 0 Å². The second-order valence-corrected chi connectivity index (χ2v) is 7.35. The normalized spacial score (nSPS) is 11.5. The van der Waals surface area contributed by atoms with Crippen molar-refractivity contribution in [3.63, 3.8) is 0 Å². The van der Waals surface area contributed by atoms with Gasteiger partial charge in [0.1, 0.15) is 4.38 Å². The molecule has 1 aromatic carbocycles. The molecular weight excluding hydrogens is 342 g/mol. The van der Waals surface area contributed by atoms with Crippen molar-refractivity contribution in [1.82, 2.24) is 5.01 Å². The molecule has 0 aliphatic carbocycles. The lowest BCUT2D eigenvalue weighted by Crippen LogP contribution is -2.49. The molecule has 134 valence electrons. The Kier molecular flexibility index (Phi) is 9.20. The number of aryl methyl sites for hydroxylation is 1. The highest BCUT2D eigenvalue weighted by Crippen LogP contribution is 2.29. The predicted molar refractivity (Wildman–Crippen MR) is 107 cm³/mol. The summed E-state index contributed by atoms with van der Waals surface area (Å²) in [6, 6.07) is 5.26. The van der Waals surface area contributed by atoms with E-state index in [2.05, 4.69) is 11.9 Å². The summed E-state index contributed by atoms with van der Waals surface area (Å²) in [6.07, 6.45) is 4.25. The summed E-state index contributed by atoms with van der Waals surface area (Å²) in [6.45, 7) is 5.01. The monoisotopic (exact) mass is 369 g/mol. The summed E-state index contributed by atoms with van der Waals surface area (Å²) >= 11 is 3.31. The van der Waals surface area contributed by atoms with Gasteiger partial charge >= 0.3 is 6.03 Å². The summed E-state index contributed by atoms with van der Waals surface area (Å²) in [4.78, 5) is 16.7. The molecule has 2 amide bonds. The van der Waals surface area contributed by atoms with Crippen molar-refractivity contribution in [2.75, 3.05) is 24.9 Å². The third-order valence-corrected chi connectivity index (χ3v) is 5.56. The number of amides is 2. The molecule has 0 aliphatic rings. The van der Waals surface area contributed by atoms with E-state index in [0.29, 0.717) is 11.4 Å². The molecule has 24 heavy (non-hydrogen) atoms. The molecule has 0 aromatic heterocycles. The number of carbonyl (C=O) groups is 1. The number of nitrogens with two attached hydrogens (primary N) is 2. The fraction of sp³-hybridized carbons (Fsp3) is 0.500. The SMILES string of the molecule is CCCC/N=C(\SC)SCc1c(C)cccc1N(N)C(=O)N(C)N. The molecule has 0 unspecified atom stereocenters. The van der Waals surface area contributed by atoms with Crippen molar-refractivity contribution in [2.24, 2.45) is 16.7 Å². The Morgan fingerprint density at radius 2 is 2.04 bits per heavy atom. The van der Waals surface area contributed by atoms with Gasteiger partial charge in [-0.05, 0) is 36.8 Å². The van der Waals surface area contributed by atoms with E-state index in [-0.39, 0.29) is 0 Å². The van der Waals surface area contributed by atoms with E-state index in [4.69, 9.17) is 11.7 Å². The van der Waals surface area contributed by atoms with Crippen LogP contribution in [0.2, 0.25) is 0 Å². The van der Waals surface area contributed by atoms with Gasteiger partial charge in [-0.2, -0.15) is 0 Å². The molecule has 1 rings (SSSR count). The zero-order valence-electron chi connectivity index (χ0n) is 14.8. The van der Waals surface area contributed by atoms with Crippen molar-refractivity contribution in [3.05, 3.63) is 29.3 Å². The third kappa shape index (κ3) is 6.01. The summed E-state index contributed by atoms with van der Waals surface area (Å²) < 4.78 is 1.04. The molecule has 0 saturated heterocycles.